The average Bonchev–Trinajstić information content (AvgIpc) is 2.63. The summed E-state index contributed by atoms with van der Waals surface area (Å²) in [6, 6.07) is 1.77. The highest BCUT2D eigenvalue weighted by atomic mass is 16.5. The van der Waals surface area contributed by atoms with Crippen molar-refractivity contribution >= 4 is 10.8 Å². The molecule has 0 fully saturated rings. The lowest BCUT2D eigenvalue weighted by molar-refractivity contribution is 0.338. The van der Waals surface area contributed by atoms with Gasteiger partial charge in [0, 0.05) is 11.6 Å². The summed E-state index contributed by atoms with van der Waals surface area (Å²) >= 11 is 0. The maximum absolute atomic E-state index is 5.70. The van der Waals surface area contributed by atoms with Crippen molar-refractivity contribution in [3.8, 4) is 34.5 Å². The Morgan fingerprint density at radius 2 is 1.12 bits per heavy atom. The SMILES string of the molecule is CCc1c(OC)c(OC)c2c(OC)c(OC)cc(OC)c2c1OC. The molecule has 0 atom stereocenters. The highest BCUT2D eigenvalue weighted by molar-refractivity contribution is 6.06. The molecule has 0 aliphatic carbocycles. The fourth-order valence-electron chi connectivity index (χ4n) is 3.04. The molecular formula is C18H24O6. The molecule has 0 heterocycles. The molecule has 132 valence electrons. The Labute approximate surface area is 142 Å². The second-order valence-corrected chi connectivity index (χ2v) is 5.00. The molecule has 0 N–H and O–H groups in total. The van der Waals surface area contributed by atoms with Gasteiger partial charge in [0.25, 0.3) is 0 Å². The van der Waals surface area contributed by atoms with E-state index < -0.39 is 0 Å². The molecule has 0 radical (unpaired) electrons. The predicted molar refractivity (Wildman–Crippen MR) is 92.6 cm³/mol. The van der Waals surface area contributed by atoms with Gasteiger partial charge >= 0.3 is 0 Å². The summed E-state index contributed by atoms with van der Waals surface area (Å²) < 4.78 is 33.6. The van der Waals surface area contributed by atoms with Crippen molar-refractivity contribution in [2.45, 2.75) is 13.3 Å². The third-order valence-corrected chi connectivity index (χ3v) is 4.03. The van der Waals surface area contributed by atoms with Crippen LogP contribution in [-0.2, 0) is 6.42 Å². The quantitative estimate of drug-likeness (QED) is 0.772. The van der Waals surface area contributed by atoms with E-state index in [2.05, 4.69) is 0 Å². The van der Waals surface area contributed by atoms with Crippen LogP contribution >= 0.6 is 0 Å². The molecule has 2 aromatic rings. The van der Waals surface area contributed by atoms with Crippen LogP contribution in [0, 0.1) is 0 Å². The van der Waals surface area contributed by atoms with Gasteiger partial charge in [-0.15, -0.1) is 0 Å². The Morgan fingerprint density at radius 3 is 1.54 bits per heavy atom. The second-order valence-electron chi connectivity index (χ2n) is 5.00. The molecule has 2 aromatic carbocycles. The standard InChI is InChI=1S/C18H24O6/c1-8-10-15(21-4)13-11(19-2)9-12(20-3)17(23-6)14(13)18(24-7)16(10)22-5/h9H,8H2,1-7H3. The summed E-state index contributed by atoms with van der Waals surface area (Å²) in [5, 5.41) is 1.44. The summed E-state index contributed by atoms with van der Waals surface area (Å²) in [5.74, 6) is 3.51. The molecule has 6 nitrogen and oxygen atoms in total. The van der Waals surface area contributed by atoms with Gasteiger partial charge in [-0.3, -0.25) is 0 Å². The van der Waals surface area contributed by atoms with E-state index in [-0.39, 0.29) is 0 Å². The van der Waals surface area contributed by atoms with Crippen LogP contribution < -0.4 is 28.4 Å². The van der Waals surface area contributed by atoms with Gasteiger partial charge < -0.3 is 28.4 Å². The number of hydrogen-bond acceptors (Lipinski definition) is 6. The second kappa shape index (κ2) is 7.38. The van der Waals surface area contributed by atoms with Gasteiger partial charge in [0.15, 0.2) is 23.0 Å². The molecule has 0 bridgehead atoms. The van der Waals surface area contributed by atoms with Gasteiger partial charge in [-0.05, 0) is 6.42 Å². The number of rotatable bonds is 7. The molecule has 24 heavy (non-hydrogen) atoms. The largest absolute Gasteiger partial charge is 0.496 e. The smallest absolute Gasteiger partial charge is 0.173 e. The first-order valence-electron chi connectivity index (χ1n) is 7.56. The molecule has 0 saturated carbocycles. The van der Waals surface area contributed by atoms with Gasteiger partial charge in [0.2, 0.25) is 0 Å². The Hall–Kier alpha value is -2.50. The number of ether oxygens (including phenoxy) is 6. The number of hydrogen-bond donors (Lipinski definition) is 0. The summed E-state index contributed by atoms with van der Waals surface area (Å²) in [4.78, 5) is 0. The van der Waals surface area contributed by atoms with Gasteiger partial charge in [0.1, 0.15) is 11.5 Å². The zero-order chi connectivity index (χ0) is 17.9. The summed E-state index contributed by atoms with van der Waals surface area (Å²) in [6.45, 7) is 2.03. The van der Waals surface area contributed by atoms with E-state index >= 15 is 0 Å². The maximum atomic E-state index is 5.70. The molecule has 0 aromatic heterocycles. The monoisotopic (exact) mass is 336 g/mol. The Kier molecular flexibility index (Phi) is 5.49. The molecule has 0 aliphatic rings. The Morgan fingerprint density at radius 1 is 0.583 bits per heavy atom. The van der Waals surface area contributed by atoms with Crippen LogP contribution in [0.1, 0.15) is 12.5 Å². The van der Waals surface area contributed by atoms with Crippen LogP contribution in [0.5, 0.6) is 34.5 Å². The fraction of sp³-hybridized carbons (Fsp3) is 0.444. The van der Waals surface area contributed by atoms with Gasteiger partial charge in [0.05, 0.1) is 53.4 Å². The van der Waals surface area contributed by atoms with Crippen LogP contribution in [-0.4, -0.2) is 42.7 Å². The minimum Gasteiger partial charge on any atom is -0.496 e. The van der Waals surface area contributed by atoms with Crippen molar-refractivity contribution in [3.05, 3.63) is 11.6 Å². The van der Waals surface area contributed by atoms with Crippen molar-refractivity contribution in [2.75, 3.05) is 42.7 Å². The van der Waals surface area contributed by atoms with Crippen molar-refractivity contribution in [1.82, 2.24) is 0 Å². The van der Waals surface area contributed by atoms with Gasteiger partial charge in [-0.25, -0.2) is 0 Å². The lowest BCUT2D eigenvalue weighted by Crippen LogP contribution is -2.03. The van der Waals surface area contributed by atoms with E-state index in [1.807, 2.05) is 6.92 Å². The van der Waals surface area contributed by atoms with Crippen LogP contribution in [0.25, 0.3) is 10.8 Å². The predicted octanol–water partition coefficient (Wildman–Crippen LogP) is 3.45. The minimum atomic E-state index is 0.532. The van der Waals surface area contributed by atoms with E-state index in [4.69, 9.17) is 28.4 Å². The van der Waals surface area contributed by atoms with Crippen molar-refractivity contribution < 1.29 is 28.4 Å². The molecule has 0 unspecified atom stereocenters. The van der Waals surface area contributed by atoms with E-state index in [1.165, 1.54) is 0 Å². The molecular weight excluding hydrogens is 312 g/mol. The zero-order valence-electron chi connectivity index (χ0n) is 15.2. The topological polar surface area (TPSA) is 55.4 Å². The third-order valence-electron chi connectivity index (χ3n) is 4.03. The van der Waals surface area contributed by atoms with Crippen molar-refractivity contribution in [1.29, 1.82) is 0 Å². The number of methoxy groups -OCH3 is 6. The molecule has 0 spiro atoms. The fourth-order valence-corrected chi connectivity index (χ4v) is 3.04. The van der Waals surface area contributed by atoms with E-state index in [9.17, 15) is 0 Å². The first kappa shape index (κ1) is 17.8. The summed E-state index contributed by atoms with van der Waals surface area (Å²) in [6.07, 6.45) is 0.705. The molecule has 2 rings (SSSR count). The zero-order valence-corrected chi connectivity index (χ0v) is 15.2. The van der Waals surface area contributed by atoms with Crippen LogP contribution in [0.4, 0.5) is 0 Å². The normalized spacial score (nSPS) is 10.5. The number of benzene rings is 2. The minimum absolute atomic E-state index is 0.532. The van der Waals surface area contributed by atoms with E-state index in [1.54, 1.807) is 48.7 Å². The maximum Gasteiger partial charge on any atom is 0.173 e. The van der Waals surface area contributed by atoms with Crippen LogP contribution in [0.2, 0.25) is 0 Å². The highest BCUT2D eigenvalue weighted by Gasteiger charge is 2.28. The highest BCUT2D eigenvalue weighted by Crippen LogP contribution is 2.54. The summed E-state index contributed by atoms with van der Waals surface area (Å²) in [7, 11) is 9.57. The lowest BCUT2D eigenvalue weighted by Gasteiger charge is -2.22. The van der Waals surface area contributed by atoms with Crippen LogP contribution in [0.3, 0.4) is 0 Å². The van der Waals surface area contributed by atoms with Crippen molar-refractivity contribution in [3.63, 3.8) is 0 Å². The lowest BCUT2D eigenvalue weighted by atomic mass is 9.98. The summed E-state index contributed by atoms with van der Waals surface area (Å²) in [5.41, 5.74) is 0.898. The molecule has 0 aliphatic heterocycles. The Bertz CT molecular complexity index is 739. The first-order valence-corrected chi connectivity index (χ1v) is 7.56. The molecule has 0 saturated heterocycles. The van der Waals surface area contributed by atoms with Crippen molar-refractivity contribution in [2.24, 2.45) is 0 Å². The Balaban J connectivity index is 3.18. The average molecular weight is 336 g/mol. The van der Waals surface area contributed by atoms with E-state index in [0.29, 0.717) is 46.3 Å². The van der Waals surface area contributed by atoms with Gasteiger partial charge in [-0.1, -0.05) is 6.92 Å². The third kappa shape index (κ3) is 2.52. The molecule has 6 heteroatoms. The van der Waals surface area contributed by atoms with Gasteiger partial charge in [-0.2, -0.15) is 0 Å². The number of fused-ring (bicyclic) bond motifs is 1. The van der Waals surface area contributed by atoms with E-state index in [0.717, 1.165) is 10.9 Å². The molecule has 0 amide bonds. The van der Waals surface area contributed by atoms with Crippen LogP contribution in [0.15, 0.2) is 6.07 Å². The first-order chi connectivity index (χ1) is 11.6.